The maximum absolute atomic E-state index is 12.8. The van der Waals surface area contributed by atoms with Crippen molar-refractivity contribution in [2.24, 2.45) is 0 Å². The molecule has 4 N–H and O–H groups in total. The number of rotatable bonds is 6. The minimum Gasteiger partial charge on any atom is -0.506 e. The van der Waals surface area contributed by atoms with Crippen molar-refractivity contribution in [3.8, 4) is 17.2 Å². The molecule has 5 rings (SSSR count). The summed E-state index contributed by atoms with van der Waals surface area (Å²) in [5.41, 5.74) is 9.42. The lowest BCUT2D eigenvalue weighted by atomic mass is 9.91. The molecule has 11 nitrogen and oxygen atoms in total. The van der Waals surface area contributed by atoms with Crippen molar-refractivity contribution in [1.82, 2.24) is 19.8 Å². The summed E-state index contributed by atoms with van der Waals surface area (Å²) in [6, 6.07) is 4.30. The number of allylic oxidation sites excluding steroid dienone is 3. The van der Waals surface area contributed by atoms with E-state index in [0.29, 0.717) is 50.5 Å². The molecule has 1 saturated heterocycles. The number of phenolic OH excluding ortho intramolecular Hbond substituents is 1. The van der Waals surface area contributed by atoms with E-state index in [1.807, 2.05) is 6.08 Å². The Morgan fingerprint density at radius 1 is 1.26 bits per heavy atom. The summed E-state index contributed by atoms with van der Waals surface area (Å²) in [4.78, 5) is 18.5. The van der Waals surface area contributed by atoms with Crippen LogP contribution in [0.5, 0.6) is 5.75 Å². The molecule has 35 heavy (non-hydrogen) atoms. The number of benzene rings is 1. The molecule has 2 aromatic rings. The summed E-state index contributed by atoms with van der Waals surface area (Å²) in [5.74, 6) is -0.309. The van der Waals surface area contributed by atoms with Gasteiger partial charge in [-0.1, -0.05) is 11.2 Å². The first-order valence-electron chi connectivity index (χ1n) is 11.5. The zero-order chi connectivity index (χ0) is 24.6. The SMILES string of the molecule is Nc1cc(-c2nc(C3=CCCC4=C3CC[C@@H]4NS(=O)(=O)CC(=O)N3CCOCC3)no2)ccc1O. The van der Waals surface area contributed by atoms with Gasteiger partial charge in [0.15, 0.2) is 0 Å². The number of morpholine rings is 1. The topological polar surface area (TPSA) is 161 Å². The highest BCUT2D eigenvalue weighted by Crippen LogP contribution is 2.42. The van der Waals surface area contributed by atoms with Gasteiger partial charge in [-0.25, -0.2) is 13.1 Å². The monoisotopic (exact) mass is 501 g/mol. The number of hydrogen-bond donors (Lipinski definition) is 3. The van der Waals surface area contributed by atoms with E-state index in [-0.39, 0.29) is 23.4 Å². The zero-order valence-electron chi connectivity index (χ0n) is 19.1. The fraction of sp³-hybridized carbons (Fsp3) is 0.435. The Balaban J connectivity index is 1.31. The fourth-order valence-corrected chi connectivity index (χ4v) is 6.07. The van der Waals surface area contributed by atoms with Crippen LogP contribution in [0.2, 0.25) is 0 Å². The second-order valence-corrected chi connectivity index (χ2v) is 10.6. The molecule has 2 heterocycles. The normalized spacial score (nSPS) is 20.6. The number of phenols is 1. The van der Waals surface area contributed by atoms with Crippen molar-refractivity contribution in [1.29, 1.82) is 0 Å². The largest absolute Gasteiger partial charge is 0.506 e. The first-order valence-corrected chi connectivity index (χ1v) is 13.2. The lowest BCUT2D eigenvalue weighted by molar-refractivity contribution is -0.132. The summed E-state index contributed by atoms with van der Waals surface area (Å²) < 4.78 is 39.0. The number of hydrogen-bond acceptors (Lipinski definition) is 9. The number of carbonyl (C=O) groups excluding carboxylic acids is 1. The molecule has 1 aliphatic heterocycles. The Bertz CT molecular complexity index is 1310. The second kappa shape index (κ2) is 9.44. The first kappa shape index (κ1) is 23.5. The van der Waals surface area contributed by atoms with E-state index in [0.717, 1.165) is 29.6 Å². The molecule has 3 aliphatic rings. The molecule has 0 spiro atoms. The third-order valence-corrected chi connectivity index (χ3v) is 7.79. The number of amides is 1. The van der Waals surface area contributed by atoms with Gasteiger partial charge in [-0.15, -0.1) is 0 Å². The van der Waals surface area contributed by atoms with Crippen molar-refractivity contribution in [3.63, 3.8) is 0 Å². The van der Waals surface area contributed by atoms with E-state index in [1.165, 1.54) is 11.0 Å². The summed E-state index contributed by atoms with van der Waals surface area (Å²) in [6.45, 7) is 1.66. The van der Waals surface area contributed by atoms with Crippen LogP contribution in [0.3, 0.4) is 0 Å². The van der Waals surface area contributed by atoms with Gasteiger partial charge in [0.1, 0.15) is 11.5 Å². The van der Waals surface area contributed by atoms with Crippen molar-refractivity contribution in [3.05, 3.63) is 41.2 Å². The van der Waals surface area contributed by atoms with E-state index in [9.17, 15) is 18.3 Å². The maximum atomic E-state index is 12.8. The third kappa shape index (κ3) is 4.95. The maximum Gasteiger partial charge on any atom is 0.258 e. The van der Waals surface area contributed by atoms with Crippen molar-refractivity contribution >= 4 is 27.2 Å². The average Bonchev–Trinajstić information content (AvgIpc) is 3.49. The van der Waals surface area contributed by atoms with E-state index in [1.54, 1.807) is 12.1 Å². The standard InChI is InChI=1S/C23H27N5O6S/c24-18-12-14(4-7-20(18)29)23-25-22(26-34-23)17-3-1-2-16-15(17)5-6-19(16)27-35(31,32)13-21(30)28-8-10-33-11-9-28/h3-4,7,12,19,27,29H,1-2,5-6,8-11,13,24H2/t19-/m0/s1. The quantitative estimate of drug-likeness (QED) is 0.393. The zero-order valence-corrected chi connectivity index (χ0v) is 19.9. The Hall–Kier alpha value is -3.22. The van der Waals surface area contributed by atoms with Crippen LogP contribution in [0.15, 0.2) is 39.9 Å². The van der Waals surface area contributed by atoms with Crippen LogP contribution in [0.4, 0.5) is 5.69 Å². The molecule has 1 fully saturated rings. The van der Waals surface area contributed by atoms with Crippen LogP contribution in [-0.2, 0) is 19.6 Å². The van der Waals surface area contributed by atoms with Gasteiger partial charge in [-0.05, 0) is 55.0 Å². The minimum absolute atomic E-state index is 0.0237. The number of ether oxygens (including phenoxy) is 1. The van der Waals surface area contributed by atoms with Crippen LogP contribution in [0, 0.1) is 0 Å². The Morgan fingerprint density at radius 2 is 2.06 bits per heavy atom. The van der Waals surface area contributed by atoms with Gasteiger partial charge in [0, 0.05) is 30.3 Å². The molecule has 12 heteroatoms. The lowest BCUT2D eigenvalue weighted by Gasteiger charge is -2.27. The predicted molar refractivity (Wildman–Crippen MR) is 127 cm³/mol. The number of anilines is 1. The minimum atomic E-state index is -3.80. The van der Waals surface area contributed by atoms with Crippen LogP contribution < -0.4 is 10.5 Å². The number of aromatic hydroxyl groups is 1. The van der Waals surface area contributed by atoms with E-state index < -0.39 is 21.7 Å². The second-order valence-electron chi connectivity index (χ2n) is 8.82. The molecule has 1 atom stereocenters. The molecule has 2 aliphatic carbocycles. The van der Waals surface area contributed by atoms with Crippen LogP contribution >= 0.6 is 0 Å². The molecule has 0 saturated carbocycles. The molecule has 186 valence electrons. The number of carbonyl (C=O) groups is 1. The molecule has 1 aromatic carbocycles. The molecule has 0 unspecified atom stereocenters. The van der Waals surface area contributed by atoms with Gasteiger partial charge in [-0.3, -0.25) is 4.79 Å². The summed E-state index contributed by atoms with van der Waals surface area (Å²) in [5, 5.41) is 13.8. The Morgan fingerprint density at radius 3 is 2.83 bits per heavy atom. The number of nitrogens with two attached hydrogens (primary N) is 1. The van der Waals surface area contributed by atoms with Gasteiger partial charge in [0.05, 0.1) is 18.9 Å². The highest BCUT2D eigenvalue weighted by Gasteiger charge is 2.34. The molecule has 0 bridgehead atoms. The Labute approximate surface area is 202 Å². The van der Waals surface area contributed by atoms with Gasteiger partial charge < -0.3 is 25.0 Å². The first-order chi connectivity index (χ1) is 16.8. The van der Waals surface area contributed by atoms with E-state index in [2.05, 4.69) is 14.9 Å². The fourth-order valence-electron chi connectivity index (χ4n) is 4.78. The van der Waals surface area contributed by atoms with Gasteiger partial charge in [0.2, 0.25) is 21.8 Å². The van der Waals surface area contributed by atoms with Crippen LogP contribution in [-0.4, -0.2) is 72.6 Å². The molecular formula is C23H27N5O6S. The van der Waals surface area contributed by atoms with E-state index in [4.69, 9.17) is 15.0 Å². The molecule has 1 aromatic heterocycles. The average molecular weight is 502 g/mol. The summed E-state index contributed by atoms with van der Waals surface area (Å²) in [6.07, 6.45) is 4.75. The van der Waals surface area contributed by atoms with Crippen molar-refractivity contribution in [2.45, 2.75) is 31.7 Å². The molecule has 1 amide bonds. The Kier molecular flexibility index (Phi) is 6.34. The van der Waals surface area contributed by atoms with Gasteiger partial charge in [-0.2, -0.15) is 4.98 Å². The molecular weight excluding hydrogens is 474 g/mol. The summed E-state index contributed by atoms with van der Waals surface area (Å²) in [7, 11) is -3.80. The van der Waals surface area contributed by atoms with Crippen molar-refractivity contribution in [2.75, 3.05) is 37.8 Å². The van der Waals surface area contributed by atoms with E-state index >= 15 is 0 Å². The number of nitrogens with one attached hydrogen (secondary N) is 1. The third-order valence-electron chi connectivity index (χ3n) is 6.52. The van der Waals surface area contributed by atoms with Crippen LogP contribution in [0.1, 0.15) is 31.5 Å². The lowest BCUT2D eigenvalue weighted by Crippen LogP contribution is -2.46. The van der Waals surface area contributed by atoms with Crippen LogP contribution in [0.25, 0.3) is 17.0 Å². The number of aromatic nitrogens is 2. The van der Waals surface area contributed by atoms with Gasteiger partial charge in [0.25, 0.3) is 5.89 Å². The van der Waals surface area contributed by atoms with Crippen molar-refractivity contribution < 1.29 is 27.6 Å². The predicted octanol–water partition coefficient (Wildman–Crippen LogP) is 1.44. The number of nitrogen functional groups attached to an aromatic ring is 1. The summed E-state index contributed by atoms with van der Waals surface area (Å²) >= 11 is 0. The van der Waals surface area contributed by atoms with Gasteiger partial charge >= 0.3 is 0 Å². The smallest absolute Gasteiger partial charge is 0.258 e. The number of sulfonamides is 1. The number of nitrogens with zero attached hydrogens (tertiary/aromatic N) is 3. The highest BCUT2D eigenvalue weighted by molar-refractivity contribution is 7.90. The highest BCUT2D eigenvalue weighted by atomic mass is 32.2. The molecule has 0 radical (unpaired) electrons.